The van der Waals surface area contributed by atoms with Crippen LogP contribution in [0.25, 0.3) is 0 Å². The number of benzene rings is 1. The molecule has 1 aromatic rings. The van der Waals surface area contributed by atoms with Gasteiger partial charge in [0.25, 0.3) is 0 Å². The maximum Gasteiger partial charge on any atom is 0.129 e. The minimum absolute atomic E-state index is 0.0178. The Balaban J connectivity index is 2.36. The van der Waals surface area contributed by atoms with Gasteiger partial charge in [0.15, 0.2) is 0 Å². The lowest BCUT2D eigenvalue weighted by atomic mass is 10.0. The first-order valence-electron chi connectivity index (χ1n) is 7.05. The van der Waals surface area contributed by atoms with E-state index in [1.165, 1.54) is 6.07 Å². The van der Waals surface area contributed by atoms with Gasteiger partial charge in [-0.15, -0.1) is 0 Å². The van der Waals surface area contributed by atoms with E-state index in [-0.39, 0.29) is 11.9 Å². The van der Waals surface area contributed by atoms with Gasteiger partial charge in [-0.25, -0.2) is 4.39 Å². The van der Waals surface area contributed by atoms with E-state index in [4.69, 9.17) is 11.6 Å². The number of nitrogens with one attached hydrogen (secondary N) is 1. The van der Waals surface area contributed by atoms with E-state index in [0.29, 0.717) is 16.6 Å². The first-order valence-corrected chi connectivity index (χ1v) is 7.43. The number of nitrogens with zero attached hydrogens (tertiary/aromatic N) is 2. The zero-order valence-electron chi connectivity index (χ0n) is 12.4. The van der Waals surface area contributed by atoms with Gasteiger partial charge in [0.05, 0.1) is 6.04 Å². The second kappa shape index (κ2) is 6.85. The minimum Gasteiger partial charge on any atom is -0.314 e. The first-order chi connectivity index (χ1) is 9.50. The molecule has 0 saturated carbocycles. The van der Waals surface area contributed by atoms with E-state index in [0.717, 1.165) is 26.2 Å². The van der Waals surface area contributed by atoms with Crippen molar-refractivity contribution in [3.63, 3.8) is 0 Å². The largest absolute Gasteiger partial charge is 0.314 e. The smallest absolute Gasteiger partial charge is 0.129 e. The predicted molar refractivity (Wildman–Crippen MR) is 81.7 cm³/mol. The van der Waals surface area contributed by atoms with Crippen molar-refractivity contribution >= 4 is 11.6 Å². The van der Waals surface area contributed by atoms with Gasteiger partial charge in [0.2, 0.25) is 0 Å². The van der Waals surface area contributed by atoms with Crippen LogP contribution in [0.3, 0.4) is 0 Å². The van der Waals surface area contributed by atoms with Crippen LogP contribution < -0.4 is 5.32 Å². The zero-order valence-corrected chi connectivity index (χ0v) is 13.1. The third-order valence-corrected chi connectivity index (χ3v) is 4.15. The van der Waals surface area contributed by atoms with Gasteiger partial charge in [0, 0.05) is 42.8 Å². The quantitative estimate of drug-likeness (QED) is 0.921. The average Bonchev–Trinajstić information content (AvgIpc) is 2.37. The fraction of sp³-hybridized carbons (Fsp3) is 0.600. The van der Waals surface area contributed by atoms with Gasteiger partial charge < -0.3 is 10.2 Å². The Kier molecular flexibility index (Phi) is 5.38. The van der Waals surface area contributed by atoms with Crippen molar-refractivity contribution in [1.29, 1.82) is 0 Å². The van der Waals surface area contributed by atoms with E-state index in [9.17, 15) is 4.39 Å². The Hall–Kier alpha value is -0.680. The highest BCUT2D eigenvalue weighted by Crippen LogP contribution is 2.32. The molecule has 1 aromatic carbocycles. The molecule has 1 fully saturated rings. The Morgan fingerprint density at radius 1 is 1.50 bits per heavy atom. The van der Waals surface area contributed by atoms with Crippen molar-refractivity contribution in [2.75, 3.05) is 40.3 Å². The summed E-state index contributed by atoms with van der Waals surface area (Å²) in [7, 11) is 4.02. The second-order valence-corrected chi connectivity index (χ2v) is 6.11. The van der Waals surface area contributed by atoms with E-state index < -0.39 is 0 Å². The van der Waals surface area contributed by atoms with Crippen molar-refractivity contribution < 1.29 is 4.39 Å². The molecule has 0 radical (unpaired) electrons. The molecule has 0 aliphatic carbocycles. The summed E-state index contributed by atoms with van der Waals surface area (Å²) in [5.41, 5.74) is 0.622. The van der Waals surface area contributed by atoms with Gasteiger partial charge in [-0.1, -0.05) is 17.7 Å². The minimum atomic E-state index is -0.213. The molecule has 1 aliphatic rings. The summed E-state index contributed by atoms with van der Waals surface area (Å²) >= 11 is 6.27. The topological polar surface area (TPSA) is 18.5 Å². The number of likely N-dealkylation sites (N-methyl/N-ethyl adjacent to an activating group) is 1. The van der Waals surface area contributed by atoms with Crippen LogP contribution in [-0.2, 0) is 0 Å². The van der Waals surface area contributed by atoms with Gasteiger partial charge in [-0.3, -0.25) is 4.90 Å². The highest BCUT2D eigenvalue weighted by molar-refractivity contribution is 6.31. The van der Waals surface area contributed by atoms with E-state index in [1.807, 2.05) is 14.1 Å². The number of hydrogen-bond donors (Lipinski definition) is 1. The third kappa shape index (κ3) is 3.50. The van der Waals surface area contributed by atoms with Crippen LogP contribution in [0.15, 0.2) is 18.2 Å². The third-order valence-electron chi connectivity index (χ3n) is 3.82. The normalized spacial score (nSPS) is 22.2. The number of hydrogen-bond acceptors (Lipinski definition) is 3. The summed E-state index contributed by atoms with van der Waals surface area (Å²) in [6.07, 6.45) is 0. The molecule has 5 heteroatoms. The van der Waals surface area contributed by atoms with Crippen LogP contribution in [0.4, 0.5) is 4.39 Å². The monoisotopic (exact) mass is 299 g/mol. The van der Waals surface area contributed by atoms with Gasteiger partial charge in [-0.05, 0) is 33.2 Å². The van der Waals surface area contributed by atoms with Gasteiger partial charge in [-0.2, -0.15) is 0 Å². The van der Waals surface area contributed by atoms with Gasteiger partial charge >= 0.3 is 0 Å². The molecule has 0 amide bonds. The molecule has 1 aliphatic heterocycles. The maximum absolute atomic E-state index is 14.3. The molecule has 2 atom stereocenters. The summed E-state index contributed by atoms with van der Waals surface area (Å²) in [6, 6.07) is 5.28. The zero-order chi connectivity index (χ0) is 14.7. The van der Waals surface area contributed by atoms with Crippen LogP contribution >= 0.6 is 11.6 Å². The Morgan fingerprint density at radius 3 is 2.85 bits per heavy atom. The van der Waals surface area contributed by atoms with E-state index >= 15 is 0 Å². The van der Waals surface area contributed by atoms with Crippen molar-refractivity contribution in [3.8, 4) is 0 Å². The van der Waals surface area contributed by atoms with Gasteiger partial charge in [0.1, 0.15) is 5.82 Å². The molecule has 0 bridgehead atoms. The maximum atomic E-state index is 14.3. The highest BCUT2D eigenvalue weighted by atomic mass is 35.5. The van der Waals surface area contributed by atoms with Crippen molar-refractivity contribution in [2.24, 2.45) is 0 Å². The number of piperazine rings is 1. The summed E-state index contributed by atoms with van der Waals surface area (Å²) in [6.45, 7) is 5.69. The van der Waals surface area contributed by atoms with Crippen LogP contribution in [0, 0.1) is 5.82 Å². The fourth-order valence-corrected chi connectivity index (χ4v) is 3.15. The second-order valence-electron chi connectivity index (χ2n) is 5.70. The lowest BCUT2D eigenvalue weighted by molar-refractivity contribution is 0.0947. The number of rotatable bonds is 4. The molecular formula is C15H23ClFN3. The molecule has 1 N–H and O–H groups in total. The first kappa shape index (κ1) is 15.7. The van der Waals surface area contributed by atoms with Crippen LogP contribution in [-0.4, -0.2) is 56.1 Å². The van der Waals surface area contributed by atoms with E-state index in [1.54, 1.807) is 12.1 Å². The molecule has 0 aromatic heterocycles. The summed E-state index contributed by atoms with van der Waals surface area (Å²) < 4.78 is 14.3. The summed E-state index contributed by atoms with van der Waals surface area (Å²) in [4.78, 5) is 4.43. The lowest BCUT2D eigenvalue weighted by Gasteiger charge is -2.41. The standard InChI is InChI=1S/C15H23ClFN3/c1-11-9-18-7-8-20(11)14(10-19(2)3)15-12(16)5-4-6-13(15)17/h4-6,11,14,18H,7-10H2,1-3H3. The van der Waals surface area contributed by atoms with Crippen molar-refractivity contribution in [1.82, 2.24) is 15.1 Å². The predicted octanol–water partition coefficient (Wildman–Crippen LogP) is 2.38. The summed E-state index contributed by atoms with van der Waals surface area (Å²) in [5.74, 6) is -0.213. The molecule has 2 rings (SSSR count). The van der Waals surface area contributed by atoms with Crippen LogP contribution in [0.5, 0.6) is 0 Å². The molecule has 1 saturated heterocycles. The lowest BCUT2D eigenvalue weighted by Crippen LogP contribution is -2.52. The molecular weight excluding hydrogens is 277 g/mol. The molecule has 20 heavy (non-hydrogen) atoms. The fourth-order valence-electron chi connectivity index (χ4n) is 2.86. The molecule has 3 nitrogen and oxygen atoms in total. The Bertz CT molecular complexity index is 432. The Morgan fingerprint density at radius 2 is 2.25 bits per heavy atom. The molecule has 112 valence electrons. The van der Waals surface area contributed by atoms with Crippen LogP contribution in [0.2, 0.25) is 5.02 Å². The van der Waals surface area contributed by atoms with Crippen molar-refractivity contribution in [2.45, 2.75) is 19.0 Å². The van der Waals surface area contributed by atoms with Crippen LogP contribution in [0.1, 0.15) is 18.5 Å². The highest BCUT2D eigenvalue weighted by Gasteiger charge is 2.30. The summed E-state index contributed by atoms with van der Waals surface area (Å²) in [5, 5.41) is 3.89. The average molecular weight is 300 g/mol. The number of halogens is 2. The molecule has 1 heterocycles. The van der Waals surface area contributed by atoms with Crippen molar-refractivity contribution in [3.05, 3.63) is 34.6 Å². The SMILES string of the molecule is CC1CNCCN1C(CN(C)C)c1c(F)cccc1Cl. The molecule has 0 spiro atoms. The molecule has 2 unspecified atom stereocenters. The van der Waals surface area contributed by atoms with E-state index in [2.05, 4.69) is 22.0 Å². The Labute approximate surface area is 125 Å².